The summed E-state index contributed by atoms with van der Waals surface area (Å²) in [6, 6.07) is 8.40. The number of amides is 1. The highest BCUT2D eigenvalue weighted by molar-refractivity contribution is 5.77. The number of hydrogen-bond acceptors (Lipinski definition) is 3. The third kappa shape index (κ3) is 6.06. The van der Waals surface area contributed by atoms with Crippen molar-refractivity contribution in [2.24, 2.45) is 0 Å². The number of nitrogens with one attached hydrogen (secondary N) is 2. The standard InChI is InChI=1S/C16H26N2O2/c1-5-13(4)18-16(19)11-20-15-9-7-6-8-14(15)10-17-12(2)3/h6-9,12-13,17H,5,10-11H2,1-4H3,(H,18,19). The van der Waals surface area contributed by atoms with Crippen LogP contribution in [0.2, 0.25) is 0 Å². The normalized spacial score (nSPS) is 12.2. The Bertz CT molecular complexity index is 419. The second kappa shape index (κ2) is 8.59. The van der Waals surface area contributed by atoms with E-state index in [-0.39, 0.29) is 18.6 Å². The molecule has 0 aliphatic heterocycles. The summed E-state index contributed by atoms with van der Waals surface area (Å²) in [5, 5.41) is 6.24. The summed E-state index contributed by atoms with van der Waals surface area (Å²) in [4.78, 5) is 11.7. The van der Waals surface area contributed by atoms with Gasteiger partial charge >= 0.3 is 0 Å². The molecule has 1 unspecified atom stereocenters. The van der Waals surface area contributed by atoms with Crippen molar-refractivity contribution in [1.82, 2.24) is 10.6 Å². The first-order valence-corrected chi connectivity index (χ1v) is 7.26. The smallest absolute Gasteiger partial charge is 0.258 e. The highest BCUT2D eigenvalue weighted by atomic mass is 16.5. The molecule has 0 spiro atoms. The van der Waals surface area contributed by atoms with Crippen LogP contribution in [0.25, 0.3) is 0 Å². The molecule has 0 fully saturated rings. The Hall–Kier alpha value is -1.55. The van der Waals surface area contributed by atoms with Crippen molar-refractivity contribution in [2.45, 2.75) is 52.7 Å². The average molecular weight is 278 g/mol. The number of hydrogen-bond donors (Lipinski definition) is 2. The lowest BCUT2D eigenvalue weighted by molar-refractivity contribution is -0.123. The quantitative estimate of drug-likeness (QED) is 0.768. The fraction of sp³-hybridized carbons (Fsp3) is 0.562. The van der Waals surface area contributed by atoms with Crippen LogP contribution >= 0.6 is 0 Å². The molecule has 1 rings (SSSR count). The molecule has 0 bridgehead atoms. The molecule has 1 aromatic carbocycles. The molecule has 1 amide bonds. The monoisotopic (exact) mass is 278 g/mol. The number of rotatable bonds is 8. The third-order valence-electron chi connectivity index (χ3n) is 3.05. The Balaban J connectivity index is 2.52. The zero-order valence-electron chi connectivity index (χ0n) is 12.9. The van der Waals surface area contributed by atoms with E-state index in [9.17, 15) is 4.79 Å². The van der Waals surface area contributed by atoms with Gasteiger partial charge in [0.15, 0.2) is 6.61 Å². The molecule has 0 radical (unpaired) electrons. The Morgan fingerprint density at radius 1 is 1.25 bits per heavy atom. The van der Waals surface area contributed by atoms with Gasteiger partial charge in [0, 0.05) is 24.2 Å². The SMILES string of the molecule is CCC(C)NC(=O)COc1ccccc1CNC(C)C. The van der Waals surface area contributed by atoms with Crippen LogP contribution in [0.4, 0.5) is 0 Å². The molecule has 0 aromatic heterocycles. The Kier molecular flexibility index (Phi) is 7.09. The van der Waals surface area contributed by atoms with Gasteiger partial charge in [-0.25, -0.2) is 0 Å². The number of para-hydroxylation sites is 1. The zero-order valence-corrected chi connectivity index (χ0v) is 12.9. The van der Waals surface area contributed by atoms with E-state index in [4.69, 9.17) is 4.74 Å². The van der Waals surface area contributed by atoms with Crippen LogP contribution in [0.5, 0.6) is 5.75 Å². The number of carbonyl (C=O) groups excluding carboxylic acids is 1. The minimum atomic E-state index is -0.0778. The van der Waals surface area contributed by atoms with Crippen molar-refractivity contribution in [3.8, 4) is 5.75 Å². The lowest BCUT2D eigenvalue weighted by atomic mass is 10.2. The van der Waals surface area contributed by atoms with Crippen molar-refractivity contribution in [3.05, 3.63) is 29.8 Å². The fourth-order valence-corrected chi connectivity index (χ4v) is 1.67. The second-order valence-corrected chi connectivity index (χ2v) is 5.31. The van der Waals surface area contributed by atoms with Crippen LogP contribution in [0.3, 0.4) is 0 Å². The molecule has 0 saturated carbocycles. The minimum Gasteiger partial charge on any atom is -0.483 e. The summed E-state index contributed by atoms with van der Waals surface area (Å²) in [6.45, 7) is 9.02. The summed E-state index contributed by atoms with van der Waals surface area (Å²) >= 11 is 0. The molecule has 20 heavy (non-hydrogen) atoms. The molecular weight excluding hydrogens is 252 g/mol. The van der Waals surface area contributed by atoms with Gasteiger partial charge < -0.3 is 15.4 Å². The van der Waals surface area contributed by atoms with Crippen LogP contribution in [-0.4, -0.2) is 24.6 Å². The van der Waals surface area contributed by atoms with Gasteiger partial charge in [0.05, 0.1) is 0 Å². The first-order valence-electron chi connectivity index (χ1n) is 7.26. The van der Waals surface area contributed by atoms with Crippen LogP contribution < -0.4 is 15.4 Å². The lowest BCUT2D eigenvalue weighted by Crippen LogP contribution is -2.35. The number of carbonyl (C=O) groups is 1. The molecule has 1 aromatic rings. The van der Waals surface area contributed by atoms with E-state index in [1.54, 1.807) is 0 Å². The van der Waals surface area contributed by atoms with E-state index in [0.717, 1.165) is 24.3 Å². The Morgan fingerprint density at radius 3 is 2.60 bits per heavy atom. The molecule has 1 atom stereocenters. The molecule has 0 saturated heterocycles. The van der Waals surface area contributed by atoms with Crippen LogP contribution in [-0.2, 0) is 11.3 Å². The van der Waals surface area contributed by atoms with Crippen LogP contribution in [0, 0.1) is 0 Å². The highest BCUT2D eigenvalue weighted by Gasteiger charge is 2.08. The van der Waals surface area contributed by atoms with Crippen molar-refractivity contribution < 1.29 is 9.53 Å². The maximum atomic E-state index is 11.7. The van der Waals surface area contributed by atoms with Gasteiger partial charge in [-0.2, -0.15) is 0 Å². The lowest BCUT2D eigenvalue weighted by Gasteiger charge is -2.15. The first-order chi connectivity index (χ1) is 9.52. The van der Waals surface area contributed by atoms with E-state index in [2.05, 4.69) is 24.5 Å². The average Bonchev–Trinajstić information content (AvgIpc) is 2.43. The predicted octanol–water partition coefficient (Wildman–Crippen LogP) is 2.48. The van der Waals surface area contributed by atoms with E-state index in [1.807, 2.05) is 38.1 Å². The molecule has 0 heterocycles. The van der Waals surface area contributed by atoms with Gasteiger partial charge in [0.1, 0.15) is 5.75 Å². The van der Waals surface area contributed by atoms with E-state index >= 15 is 0 Å². The summed E-state index contributed by atoms with van der Waals surface area (Å²) in [6.07, 6.45) is 0.917. The molecule has 0 aliphatic carbocycles. The molecule has 0 aliphatic rings. The van der Waals surface area contributed by atoms with Gasteiger partial charge in [-0.05, 0) is 19.4 Å². The summed E-state index contributed by atoms with van der Waals surface area (Å²) < 4.78 is 5.62. The zero-order chi connectivity index (χ0) is 15.0. The minimum absolute atomic E-state index is 0.0586. The van der Waals surface area contributed by atoms with Gasteiger partial charge in [-0.1, -0.05) is 39.0 Å². The maximum Gasteiger partial charge on any atom is 0.258 e. The van der Waals surface area contributed by atoms with E-state index in [1.165, 1.54) is 0 Å². The predicted molar refractivity (Wildman–Crippen MR) is 81.8 cm³/mol. The van der Waals surface area contributed by atoms with Gasteiger partial charge in [-0.3, -0.25) is 4.79 Å². The highest BCUT2D eigenvalue weighted by Crippen LogP contribution is 2.17. The van der Waals surface area contributed by atoms with Gasteiger partial charge in [-0.15, -0.1) is 0 Å². The van der Waals surface area contributed by atoms with Crippen molar-refractivity contribution in [1.29, 1.82) is 0 Å². The van der Waals surface area contributed by atoms with Crippen LogP contribution in [0.15, 0.2) is 24.3 Å². The molecule has 4 heteroatoms. The summed E-state index contributed by atoms with van der Waals surface area (Å²) in [7, 11) is 0. The third-order valence-corrected chi connectivity index (χ3v) is 3.05. The summed E-state index contributed by atoms with van der Waals surface area (Å²) in [5.41, 5.74) is 1.07. The van der Waals surface area contributed by atoms with Crippen LogP contribution in [0.1, 0.15) is 39.7 Å². The summed E-state index contributed by atoms with van der Waals surface area (Å²) in [5.74, 6) is 0.686. The molecule has 112 valence electrons. The van der Waals surface area contributed by atoms with Gasteiger partial charge in [0.2, 0.25) is 0 Å². The molecule has 4 nitrogen and oxygen atoms in total. The topological polar surface area (TPSA) is 50.4 Å². The first kappa shape index (κ1) is 16.5. The largest absolute Gasteiger partial charge is 0.483 e. The van der Waals surface area contributed by atoms with Crippen molar-refractivity contribution >= 4 is 5.91 Å². The van der Waals surface area contributed by atoms with Gasteiger partial charge in [0.25, 0.3) is 5.91 Å². The van der Waals surface area contributed by atoms with Crippen molar-refractivity contribution in [2.75, 3.05) is 6.61 Å². The van der Waals surface area contributed by atoms with E-state index in [0.29, 0.717) is 6.04 Å². The maximum absolute atomic E-state index is 11.7. The fourth-order valence-electron chi connectivity index (χ4n) is 1.67. The van der Waals surface area contributed by atoms with E-state index < -0.39 is 0 Å². The Labute approximate surface area is 121 Å². The second-order valence-electron chi connectivity index (χ2n) is 5.31. The molecule has 2 N–H and O–H groups in total. The number of benzene rings is 1. The van der Waals surface area contributed by atoms with Crippen molar-refractivity contribution in [3.63, 3.8) is 0 Å². The Morgan fingerprint density at radius 2 is 1.95 bits per heavy atom. The molecular formula is C16H26N2O2. The number of ether oxygens (including phenoxy) is 1.